The molecule has 3 aromatic rings. The van der Waals surface area contributed by atoms with Crippen LogP contribution in [0.1, 0.15) is 30.9 Å². The summed E-state index contributed by atoms with van der Waals surface area (Å²) in [5, 5.41) is 2.90. The number of sulfonamides is 1. The average Bonchev–Trinajstić information content (AvgIpc) is 2.76. The second-order valence-corrected chi connectivity index (χ2v) is 8.80. The first-order valence-electron chi connectivity index (χ1n) is 9.98. The van der Waals surface area contributed by atoms with Gasteiger partial charge in [-0.3, -0.25) is 4.79 Å². The number of hydrogen-bond acceptors (Lipinski definition) is 3. The molecule has 0 fully saturated rings. The third kappa shape index (κ3) is 4.78. The number of carbonyl (C=O) groups excluding carboxylic acids is 1. The van der Waals surface area contributed by atoms with Crippen molar-refractivity contribution >= 4 is 21.6 Å². The van der Waals surface area contributed by atoms with Crippen molar-refractivity contribution in [3.8, 4) is 0 Å². The van der Waals surface area contributed by atoms with E-state index in [1.54, 1.807) is 32.0 Å². The molecule has 1 amide bonds. The zero-order valence-electron chi connectivity index (χ0n) is 17.2. The van der Waals surface area contributed by atoms with Crippen LogP contribution in [0, 0.1) is 0 Å². The van der Waals surface area contributed by atoms with Gasteiger partial charge in [-0.1, -0.05) is 80.6 Å². The fourth-order valence-corrected chi connectivity index (χ4v) is 4.95. The first-order chi connectivity index (χ1) is 14.5. The van der Waals surface area contributed by atoms with Gasteiger partial charge in [-0.2, -0.15) is 4.31 Å². The lowest BCUT2D eigenvalue weighted by Gasteiger charge is -2.20. The van der Waals surface area contributed by atoms with Crippen molar-refractivity contribution in [3.63, 3.8) is 0 Å². The van der Waals surface area contributed by atoms with Crippen LogP contribution >= 0.6 is 0 Å². The van der Waals surface area contributed by atoms with Crippen molar-refractivity contribution in [2.24, 2.45) is 0 Å². The summed E-state index contributed by atoms with van der Waals surface area (Å²) in [6.07, 6.45) is 0. The van der Waals surface area contributed by atoms with E-state index in [9.17, 15) is 13.2 Å². The Morgan fingerprint density at radius 2 is 1.37 bits per heavy atom. The summed E-state index contributed by atoms with van der Waals surface area (Å²) < 4.78 is 27.0. The van der Waals surface area contributed by atoms with Crippen molar-refractivity contribution in [2.45, 2.75) is 24.7 Å². The van der Waals surface area contributed by atoms with Gasteiger partial charge in [0.15, 0.2) is 0 Å². The molecule has 0 aliphatic heterocycles. The number of benzene rings is 3. The van der Waals surface area contributed by atoms with Crippen LogP contribution in [-0.2, 0) is 14.8 Å². The van der Waals surface area contributed by atoms with Crippen LogP contribution in [0.15, 0.2) is 89.8 Å². The second kappa shape index (κ2) is 9.69. The highest BCUT2D eigenvalue weighted by molar-refractivity contribution is 7.89. The molecule has 0 radical (unpaired) electrons. The topological polar surface area (TPSA) is 66.5 Å². The lowest BCUT2D eigenvalue weighted by atomic mass is 9.90. The minimum absolute atomic E-state index is 0.167. The fraction of sp³-hybridized carbons (Fsp3) is 0.208. The quantitative estimate of drug-likeness (QED) is 0.582. The summed E-state index contributed by atoms with van der Waals surface area (Å²) in [4.78, 5) is 13.4. The Morgan fingerprint density at radius 1 is 0.833 bits per heavy atom. The van der Waals surface area contributed by atoms with Gasteiger partial charge in [0.25, 0.3) is 0 Å². The zero-order chi connectivity index (χ0) is 21.6. The molecule has 5 nitrogen and oxygen atoms in total. The van der Waals surface area contributed by atoms with E-state index >= 15 is 0 Å². The first-order valence-corrected chi connectivity index (χ1v) is 11.4. The van der Waals surface area contributed by atoms with E-state index in [0.29, 0.717) is 18.8 Å². The van der Waals surface area contributed by atoms with Crippen LogP contribution in [0.25, 0.3) is 0 Å². The zero-order valence-corrected chi connectivity index (χ0v) is 18.0. The van der Waals surface area contributed by atoms with E-state index < -0.39 is 15.9 Å². The highest BCUT2D eigenvalue weighted by atomic mass is 32.2. The van der Waals surface area contributed by atoms with Crippen LogP contribution in [0.4, 0.5) is 5.69 Å². The first kappa shape index (κ1) is 21.7. The summed E-state index contributed by atoms with van der Waals surface area (Å²) in [7, 11) is -3.60. The number of nitrogens with zero attached hydrogens (tertiary/aromatic N) is 1. The molecule has 0 unspecified atom stereocenters. The SMILES string of the molecule is CCN(CC)S(=O)(=O)c1cccc(NC(=O)C(c2ccccc2)c2ccccc2)c1. The molecule has 3 rings (SSSR count). The number of carbonyl (C=O) groups is 1. The van der Waals surface area contributed by atoms with Crippen molar-refractivity contribution in [2.75, 3.05) is 18.4 Å². The van der Waals surface area contributed by atoms with E-state index in [1.165, 1.54) is 10.4 Å². The summed E-state index contributed by atoms with van der Waals surface area (Å²) in [5.74, 6) is -0.722. The van der Waals surface area contributed by atoms with E-state index in [4.69, 9.17) is 0 Å². The molecule has 6 heteroatoms. The minimum Gasteiger partial charge on any atom is -0.325 e. The Kier molecular flexibility index (Phi) is 7.03. The van der Waals surface area contributed by atoms with Gasteiger partial charge < -0.3 is 5.32 Å². The standard InChI is InChI=1S/C24H26N2O3S/c1-3-26(4-2)30(28,29)22-17-11-16-21(18-22)25-24(27)23(19-12-7-5-8-13-19)20-14-9-6-10-15-20/h5-18,23H,3-4H2,1-2H3,(H,25,27). The van der Waals surface area contributed by atoms with E-state index in [0.717, 1.165) is 11.1 Å². The molecule has 0 aliphatic rings. The predicted molar refractivity (Wildman–Crippen MR) is 120 cm³/mol. The molecular weight excluding hydrogens is 396 g/mol. The van der Waals surface area contributed by atoms with E-state index in [2.05, 4.69) is 5.32 Å². The second-order valence-electron chi connectivity index (χ2n) is 6.86. The Labute approximate surface area is 178 Å². The van der Waals surface area contributed by atoms with Crippen LogP contribution in [0.2, 0.25) is 0 Å². The Bertz CT molecular complexity index is 1040. The monoisotopic (exact) mass is 422 g/mol. The van der Waals surface area contributed by atoms with Crippen molar-refractivity contribution in [3.05, 3.63) is 96.1 Å². The number of rotatable bonds is 8. The summed E-state index contributed by atoms with van der Waals surface area (Å²) in [6, 6.07) is 25.5. The molecular formula is C24H26N2O3S. The number of nitrogens with one attached hydrogen (secondary N) is 1. The number of anilines is 1. The molecule has 3 aromatic carbocycles. The predicted octanol–water partition coefficient (Wildman–Crippen LogP) is 4.49. The van der Waals surface area contributed by atoms with Gasteiger partial charge in [0, 0.05) is 18.8 Å². The van der Waals surface area contributed by atoms with Gasteiger partial charge in [0.2, 0.25) is 15.9 Å². The Morgan fingerprint density at radius 3 is 1.87 bits per heavy atom. The largest absolute Gasteiger partial charge is 0.325 e. The summed E-state index contributed by atoms with van der Waals surface area (Å²) in [6.45, 7) is 4.38. The maximum atomic E-state index is 13.2. The molecule has 0 bridgehead atoms. The van der Waals surface area contributed by atoms with E-state index in [-0.39, 0.29) is 10.8 Å². The van der Waals surface area contributed by atoms with Gasteiger partial charge in [0.1, 0.15) is 0 Å². The Balaban J connectivity index is 1.92. The Hall–Kier alpha value is -2.96. The molecule has 0 aliphatic carbocycles. The highest BCUT2D eigenvalue weighted by Crippen LogP contribution is 2.27. The molecule has 1 N–H and O–H groups in total. The molecule has 0 atom stereocenters. The number of hydrogen-bond donors (Lipinski definition) is 1. The summed E-state index contributed by atoms with van der Waals surface area (Å²) in [5.41, 5.74) is 2.19. The van der Waals surface area contributed by atoms with Gasteiger partial charge in [-0.25, -0.2) is 8.42 Å². The van der Waals surface area contributed by atoms with E-state index in [1.807, 2.05) is 60.7 Å². The third-order valence-electron chi connectivity index (χ3n) is 4.97. The molecule has 0 aromatic heterocycles. The molecule has 0 saturated heterocycles. The van der Waals surface area contributed by atoms with Gasteiger partial charge in [-0.15, -0.1) is 0 Å². The molecule has 0 heterocycles. The highest BCUT2D eigenvalue weighted by Gasteiger charge is 2.24. The molecule has 30 heavy (non-hydrogen) atoms. The van der Waals surface area contributed by atoms with Gasteiger partial charge >= 0.3 is 0 Å². The van der Waals surface area contributed by atoms with Crippen LogP contribution in [0.5, 0.6) is 0 Å². The molecule has 0 saturated carbocycles. The number of amides is 1. The average molecular weight is 423 g/mol. The smallest absolute Gasteiger partial charge is 0.243 e. The van der Waals surface area contributed by atoms with Crippen LogP contribution in [-0.4, -0.2) is 31.7 Å². The lowest BCUT2D eigenvalue weighted by molar-refractivity contribution is -0.116. The maximum absolute atomic E-state index is 13.2. The maximum Gasteiger partial charge on any atom is 0.243 e. The van der Waals surface area contributed by atoms with Gasteiger partial charge in [0.05, 0.1) is 10.8 Å². The van der Waals surface area contributed by atoms with Crippen molar-refractivity contribution in [1.82, 2.24) is 4.31 Å². The third-order valence-corrected chi connectivity index (χ3v) is 7.02. The molecule has 156 valence electrons. The van der Waals surface area contributed by atoms with Crippen LogP contribution < -0.4 is 5.32 Å². The van der Waals surface area contributed by atoms with Crippen molar-refractivity contribution in [1.29, 1.82) is 0 Å². The lowest BCUT2D eigenvalue weighted by Crippen LogP contribution is -2.30. The normalized spacial score (nSPS) is 11.6. The van der Waals surface area contributed by atoms with Gasteiger partial charge in [-0.05, 0) is 29.3 Å². The minimum atomic E-state index is -3.60. The fourth-order valence-electron chi connectivity index (χ4n) is 3.45. The van der Waals surface area contributed by atoms with Crippen molar-refractivity contribution < 1.29 is 13.2 Å². The van der Waals surface area contributed by atoms with Crippen LogP contribution in [0.3, 0.4) is 0 Å². The summed E-state index contributed by atoms with van der Waals surface area (Å²) >= 11 is 0. The molecule has 0 spiro atoms.